The van der Waals surface area contributed by atoms with Gasteiger partial charge in [0, 0.05) is 0 Å². The maximum atomic E-state index is 2.42. The molecule has 2 rings (SSSR count). The quantitative estimate of drug-likeness (QED) is 0.403. The van der Waals surface area contributed by atoms with Crippen LogP contribution in [0.25, 0.3) is 0 Å². The molecule has 0 radical (unpaired) electrons. The smallest absolute Gasteiger partial charge is 0.0166 e. The van der Waals surface area contributed by atoms with E-state index in [0.29, 0.717) is 0 Å². The van der Waals surface area contributed by atoms with Crippen molar-refractivity contribution in [2.75, 3.05) is 0 Å². The zero-order valence-corrected chi connectivity index (χ0v) is 4.48. The summed E-state index contributed by atoms with van der Waals surface area (Å²) in [5.41, 5.74) is 1.76. The molecule has 0 spiro atoms. The predicted molar refractivity (Wildman–Crippen MR) is 30.0 cm³/mol. The summed E-state index contributed by atoms with van der Waals surface area (Å²) in [7, 11) is 0. The molecule has 0 aromatic rings. The van der Waals surface area contributed by atoms with E-state index in [-0.39, 0.29) is 0 Å². The van der Waals surface area contributed by atoms with Crippen molar-refractivity contribution in [3.05, 3.63) is 11.6 Å². The van der Waals surface area contributed by atoms with E-state index in [1.807, 2.05) is 0 Å². The van der Waals surface area contributed by atoms with E-state index in [9.17, 15) is 0 Å². The lowest BCUT2D eigenvalue weighted by Crippen LogP contribution is -1.81. The fourth-order valence-electron chi connectivity index (χ4n) is 1.41. The molecule has 1 unspecified atom stereocenters. The van der Waals surface area contributed by atoms with Crippen LogP contribution < -0.4 is 0 Å². The summed E-state index contributed by atoms with van der Waals surface area (Å²) >= 11 is 0. The Balaban J connectivity index is 2.19. The Labute approximate surface area is 44.2 Å². The van der Waals surface area contributed by atoms with E-state index >= 15 is 0 Å². The highest BCUT2D eigenvalue weighted by atomic mass is 14.3. The first-order chi connectivity index (χ1) is 3.47. The first kappa shape index (κ1) is 3.71. The zero-order chi connectivity index (χ0) is 4.69. The summed E-state index contributed by atoms with van der Waals surface area (Å²) in [4.78, 5) is 0. The van der Waals surface area contributed by atoms with Gasteiger partial charge in [0.25, 0.3) is 0 Å². The molecule has 0 saturated heterocycles. The highest BCUT2D eigenvalue weighted by Crippen LogP contribution is 2.44. The fraction of sp³-hybridized carbons (Fsp3) is 0.714. The van der Waals surface area contributed by atoms with Crippen molar-refractivity contribution in [1.29, 1.82) is 0 Å². The lowest BCUT2D eigenvalue weighted by Gasteiger charge is -1.97. The van der Waals surface area contributed by atoms with Crippen LogP contribution in [0.4, 0.5) is 0 Å². The average molecular weight is 94.2 g/mol. The van der Waals surface area contributed by atoms with Gasteiger partial charge in [-0.05, 0) is 31.6 Å². The van der Waals surface area contributed by atoms with Gasteiger partial charge in [-0.15, -0.1) is 0 Å². The molecule has 7 heavy (non-hydrogen) atoms. The molecule has 0 aromatic carbocycles. The molecule has 2 aliphatic carbocycles. The standard InChI is InChI=1S/C7H10/c1-2-4-7-5-6(7)3-1/h3,7H,1-2,4-5H2. The summed E-state index contributed by atoms with van der Waals surface area (Å²) in [6.45, 7) is 0. The van der Waals surface area contributed by atoms with E-state index in [1.165, 1.54) is 25.7 Å². The Hall–Kier alpha value is -0.260. The second kappa shape index (κ2) is 1.12. The minimum absolute atomic E-state index is 1.06. The fourth-order valence-corrected chi connectivity index (χ4v) is 1.41. The van der Waals surface area contributed by atoms with Gasteiger partial charge in [0.2, 0.25) is 0 Å². The number of fused-ring (bicyclic) bond motifs is 1. The Morgan fingerprint density at radius 3 is 3.14 bits per heavy atom. The molecule has 0 nitrogen and oxygen atoms in total. The van der Waals surface area contributed by atoms with Crippen LogP contribution in [0.2, 0.25) is 0 Å². The van der Waals surface area contributed by atoms with E-state index in [4.69, 9.17) is 0 Å². The molecule has 0 heteroatoms. The first-order valence-electron chi connectivity index (χ1n) is 3.16. The lowest BCUT2D eigenvalue weighted by atomic mass is 10.1. The summed E-state index contributed by atoms with van der Waals surface area (Å²) in [5, 5.41) is 0. The van der Waals surface area contributed by atoms with Crippen LogP contribution in [0.15, 0.2) is 11.6 Å². The molecule has 0 aliphatic heterocycles. The van der Waals surface area contributed by atoms with Crippen LogP contribution in [0.3, 0.4) is 0 Å². The van der Waals surface area contributed by atoms with Crippen LogP contribution in [0.5, 0.6) is 0 Å². The predicted octanol–water partition coefficient (Wildman–Crippen LogP) is 2.12. The lowest BCUT2D eigenvalue weighted by molar-refractivity contribution is 0.673. The molecular weight excluding hydrogens is 84.1 g/mol. The van der Waals surface area contributed by atoms with Crippen LogP contribution in [-0.2, 0) is 0 Å². The van der Waals surface area contributed by atoms with E-state index in [2.05, 4.69) is 6.08 Å². The second-order valence-corrected chi connectivity index (χ2v) is 2.61. The van der Waals surface area contributed by atoms with Crippen LogP contribution in [0.1, 0.15) is 25.7 Å². The van der Waals surface area contributed by atoms with Crippen molar-refractivity contribution in [2.24, 2.45) is 5.92 Å². The summed E-state index contributed by atoms with van der Waals surface area (Å²) < 4.78 is 0. The van der Waals surface area contributed by atoms with Crippen molar-refractivity contribution in [3.8, 4) is 0 Å². The minimum atomic E-state index is 1.06. The first-order valence-corrected chi connectivity index (χ1v) is 3.16. The van der Waals surface area contributed by atoms with Gasteiger partial charge < -0.3 is 0 Å². The van der Waals surface area contributed by atoms with Crippen molar-refractivity contribution in [1.82, 2.24) is 0 Å². The minimum Gasteiger partial charge on any atom is -0.0850 e. The molecule has 0 heterocycles. The van der Waals surface area contributed by atoms with Gasteiger partial charge in [-0.1, -0.05) is 11.6 Å². The van der Waals surface area contributed by atoms with Crippen molar-refractivity contribution in [2.45, 2.75) is 25.7 Å². The Kier molecular flexibility index (Phi) is 0.592. The number of hydrogen-bond acceptors (Lipinski definition) is 0. The second-order valence-electron chi connectivity index (χ2n) is 2.61. The van der Waals surface area contributed by atoms with Gasteiger partial charge in [0.05, 0.1) is 0 Å². The van der Waals surface area contributed by atoms with Crippen molar-refractivity contribution >= 4 is 0 Å². The van der Waals surface area contributed by atoms with Crippen molar-refractivity contribution in [3.63, 3.8) is 0 Å². The number of rotatable bonds is 0. The Morgan fingerprint density at radius 2 is 2.57 bits per heavy atom. The van der Waals surface area contributed by atoms with E-state index in [0.717, 1.165) is 5.92 Å². The molecule has 1 saturated carbocycles. The van der Waals surface area contributed by atoms with Crippen molar-refractivity contribution < 1.29 is 0 Å². The molecule has 1 atom stereocenters. The Morgan fingerprint density at radius 1 is 1.57 bits per heavy atom. The SMILES string of the molecule is C1=C2CC2CCC1. The van der Waals surface area contributed by atoms with Crippen LogP contribution in [-0.4, -0.2) is 0 Å². The van der Waals surface area contributed by atoms with E-state index in [1.54, 1.807) is 5.57 Å². The topological polar surface area (TPSA) is 0 Å². The maximum absolute atomic E-state index is 2.42. The largest absolute Gasteiger partial charge is 0.0850 e. The molecular formula is C7H10. The molecule has 0 N–H and O–H groups in total. The Bertz CT molecular complexity index is 111. The van der Waals surface area contributed by atoms with Gasteiger partial charge in [0.15, 0.2) is 0 Å². The summed E-state index contributed by atoms with van der Waals surface area (Å²) in [5.74, 6) is 1.06. The highest BCUT2D eigenvalue weighted by Gasteiger charge is 2.30. The van der Waals surface area contributed by atoms with E-state index < -0.39 is 0 Å². The number of allylic oxidation sites excluding steroid dienone is 2. The third kappa shape index (κ3) is 0.495. The molecule has 1 fully saturated rings. The zero-order valence-electron chi connectivity index (χ0n) is 4.48. The molecule has 0 amide bonds. The average Bonchev–Trinajstić information content (AvgIpc) is 2.41. The third-order valence-electron chi connectivity index (χ3n) is 2.01. The maximum Gasteiger partial charge on any atom is -0.0166 e. The molecule has 2 aliphatic rings. The normalized spacial score (nSPS) is 36.6. The molecule has 0 aromatic heterocycles. The summed E-state index contributed by atoms with van der Waals surface area (Å²) in [6, 6.07) is 0. The van der Waals surface area contributed by atoms with Gasteiger partial charge in [-0.25, -0.2) is 0 Å². The molecule has 0 bridgehead atoms. The summed E-state index contributed by atoms with van der Waals surface area (Å²) in [6.07, 6.45) is 8.18. The van der Waals surface area contributed by atoms with Crippen LogP contribution in [0, 0.1) is 5.92 Å². The van der Waals surface area contributed by atoms with Gasteiger partial charge in [-0.2, -0.15) is 0 Å². The monoisotopic (exact) mass is 94.1 g/mol. The molecule has 38 valence electrons. The van der Waals surface area contributed by atoms with Gasteiger partial charge >= 0.3 is 0 Å². The van der Waals surface area contributed by atoms with Gasteiger partial charge in [-0.3, -0.25) is 0 Å². The van der Waals surface area contributed by atoms with Gasteiger partial charge in [0.1, 0.15) is 0 Å². The highest BCUT2D eigenvalue weighted by molar-refractivity contribution is 5.24. The van der Waals surface area contributed by atoms with Crippen LogP contribution >= 0.6 is 0 Å². The third-order valence-corrected chi connectivity index (χ3v) is 2.01. The number of hydrogen-bond donors (Lipinski definition) is 0.